The molecule has 0 fully saturated rings. The maximum absolute atomic E-state index is 13.4. The van der Waals surface area contributed by atoms with Crippen molar-refractivity contribution >= 4 is 23.2 Å². The van der Waals surface area contributed by atoms with Crippen molar-refractivity contribution in [2.24, 2.45) is 0 Å². The molecule has 100 valence electrons. The zero-order chi connectivity index (χ0) is 13.8. The zero-order valence-corrected chi connectivity index (χ0v) is 11.5. The first-order chi connectivity index (χ1) is 9.08. The fourth-order valence-corrected chi connectivity index (χ4v) is 2.35. The van der Waals surface area contributed by atoms with Crippen LogP contribution in [0.5, 0.6) is 5.75 Å². The first-order valence-electron chi connectivity index (χ1n) is 5.78. The van der Waals surface area contributed by atoms with E-state index in [4.69, 9.17) is 23.2 Å². The second-order valence-corrected chi connectivity index (χ2v) is 5.01. The highest BCUT2D eigenvalue weighted by molar-refractivity contribution is 6.35. The van der Waals surface area contributed by atoms with Gasteiger partial charge in [0, 0.05) is 21.2 Å². The van der Waals surface area contributed by atoms with Gasteiger partial charge in [-0.2, -0.15) is 0 Å². The summed E-state index contributed by atoms with van der Waals surface area (Å²) in [5, 5.41) is 14.1. The van der Waals surface area contributed by atoms with Crippen molar-refractivity contribution in [3.63, 3.8) is 0 Å². The molecule has 2 aromatic rings. The second-order valence-electron chi connectivity index (χ2n) is 4.16. The van der Waals surface area contributed by atoms with Gasteiger partial charge in [0.05, 0.1) is 0 Å². The van der Waals surface area contributed by atoms with Gasteiger partial charge in [-0.05, 0) is 18.2 Å². The first-order valence-corrected chi connectivity index (χ1v) is 6.53. The molecule has 0 aliphatic carbocycles. The number of rotatable bonds is 4. The Balaban J connectivity index is 2.02. The van der Waals surface area contributed by atoms with Crippen LogP contribution in [0.2, 0.25) is 10.0 Å². The number of benzene rings is 2. The summed E-state index contributed by atoms with van der Waals surface area (Å²) in [6.07, 6.45) is 0. The zero-order valence-electron chi connectivity index (χ0n) is 10.00. The molecule has 2 aromatic carbocycles. The summed E-state index contributed by atoms with van der Waals surface area (Å²) >= 11 is 11.6. The van der Waals surface area contributed by atoms with E-state index in [1.807, 2.05) is 5.32 Å². The van der Waals surface area contributed by atoms with Crippen molar-refractivity contribution in [1.29, 1.82) is 0 Å². The van der Waals surface area contributed by atoms with Crippen LogP contribution in [0.3, 0.4) is 0 Å². The lowest BCUT2D eigenvalue weighted by atomic mass is 10.1. The molecular weight excluding hydrogens is 288 g/mol. The molecule has 0 unspecified atom stereocenters. The summed E-state index contributed by atoms with van der Waals surface area (Å²) in [7, 11) is 0. The molecule has 0 spiro atoms. The molecule has 2 N–H and O–H groups in total. The molecule has 0 radical (unpaired) electrons. The number of halogens is 3. The second kappa shape index (κ2) is 6.24. The highest BCUT2D eigenvalue weighted by Gasteiger charge is 2.05. The lowest BCUT2D eigenvalue weighted by molar-refractivity contribution is -0.686. The third-order valence-corrected chi connectivity index (χ3v) is 3.27. The molecule has 0 aromatic heterocycles. The third kappa shape index (κ3) is 3.60. The molecule has 0 saturated heterocycles. The Hall–Kier alpha value is -1.29. The molecule has 0 amide bonds. The van der Waals surface area contributed by atoms with Gasteiger partial charge in [0.25, 0.3) is 0 Å². The molecule has 2 nitrogen and oxygen atoms in total. The van der Waals surface area contributed by atoms with Crippen LogP contribution in [0.1, 0.15) is 11.1 Å². The van der Waals surface area contributed by atoms with Gasteiger partial charge in [-0.3, -0.25) is 0 Å². The van der Waals surface area contributed by atoms with Crippen molar-refractivity contribution in [2.75, 3.05) is 0 Å². The highest BCUT2D eigenvalue weighted by Crippen LogP contribution is 2.28. The van der Waals surface area contributed by atoms with Gasteiger partial charge in [0.15, 0.2) is 0 Å². The lowest BCUT2D eigenvalue weighted by Crippen LogP contribution is -2.80. The van der Waals surface area contributed by atoms with Crippen molar-refractivity contribution in [1.82, 2.24) is 0 Å². The highest BCUT2D eigenvalue weighted by atomic mass is 35.5. The van der Waals surface area contributed by atoms with E-state index in [0.29, 0.717) is 29.2 Å². The number of hydrogen-bond donors (Lipinski definition) is 1. The molecule has 0 bridgehead atoms. The van der Waals surface area contributed by atoms with Gasteiger partial charge < -0.3 is 10.4 Å². The van der Waals surface area contributed by atoms with Crippen LogP contribution < -0.4 is 10.4 Å². The molecular formula is C14H12Cl2FNO. The van der Waals surface area contributed by atoms with Crippen LogP contribution in [0.15, 0.2) is 36.4 Å². The van der Waals surface area contributed by atoms with E-state index in [9.17, 15) is 9.50 Å². The predicted molar refractivity (Wildman–Crippen MR) is 71.6 cm³/mol. The summed E-state index contributed by atoms with van der Waals surface area (Å²) < 4.78 is 13.4. The summed E-state index contributed by atoms with van der Waals surface area (Å²) in [6, 6.07) is 9.57. The van der Waals surface area contributed by atoms with E-state index in [1.165, 1.54) is 12.1 Å². The largest absolute Gasteiger partial charge is 0.871 e. The van der Waals surface area contributed by atoms with Crippen LogP contribution in [-0.4, -0.2) is 0 Å². The Morgan fingerprint density at radius 3 is 2.47 bits per heavy atom. The van der Waals surface area contributed by atoms with Crippen LogP contribution in [0.4, 0.5) is 4.39 Å². The van der Waals surface area contributed by atoms with E-state index in [0.717, 1.165) is 0 Å². The van der Waals surface area contributed by atoms with Gasteiger partial charge in [-0.1, -0.05) is 47.2 Å². The molecule has 0 heterocycles. The Bertz CT molecular complexity index is 590. The maximum Gasteiger partial charge on any atom is 0.132 e. The van der Waals surface area contributed by atoms with E-state index >= 15 is 0 Å². The Morgan fingerprint density at radius 2 is 1.74 bits per heavy atom. The smallest absolute Gasteiger partial charge is 0.132 e. The van der Waals surface area contributed by atoms with Crippen molar-refractivity contribution in [3.05, 3.63) is 63.4 Å². The number of hydrogen-bond acceptors (Lipinski definition) is 1. The molecule has 5 heteroatoms. The fraction of sp³-hybridized carbons (Fsp3) is 0.143. The summed E-state index contributed by atoms with van der Waals surface area (Å²) in [6.45, 7) is 0.865. The monoisotopic (exact) mass is 299 g/mol. The van der Waals surface area contributed by atoms with Crippen LogP contribution in [0, 0.1) is 5.82 Å². The van der Waals surface area contributed by atoms with E-state index < -0.39 is 0 Å². The maximum atomic E-state index is 13.4. The quantitative estimate of drug-likeness (QED) is 0.925. The molecule has 2 rings (SSSR count). The number of nitrogens with two attached hydrogens (primary N) is 1. The minimum Gasteiger partial charge on any atom is -0.871 e. The average Bonchev–Trinajstić information content (AvgIpc) is 2.37. The van der Waals surface area contributed by atoms with Crippen LogP contribution >= 0.6 is 23.2 Å². The SMILES string of the molecule is [O-]c1c(Cl)cc(Cl)cc1C[NH2+]Cc1ccccc1F. The number of quaternary nitrogens is 1. The van der Waals surface area contributed by atoms with Gasteiger partial charge in [-0.25, -0.2) is 4.39 Å². The van der Waals surface area contributed by atoms with E-state index in [-0.39, 0.29) is 16.6 Å². The average molecular weight is 300 g/mol. The lowest BCUT2D eigenvalue weighted by Gasteiger charge is -2.15. The van der Waals surface area contributed by atoms with Crippen molar-refractivity contribution in [2.45, 2.75) is 13.1 Å². The van der Waals surface area contributed by atoms with Gasteiger partial charge in [0.2, 0.25) is 0 Å². The normalized spacial score (nSPS) is 10.7. The minimum atomic E-state index is -0.245. The minimum absolute atomic E-state index is 0.113. The van der Waals surface area contributed by atoms with Crippen molar-refractivity contribution in [3.8, 4) is 5.75 Å². The summed E-state index contributed by atoms with van der Waals surface area (Å²) in [5.41, 5.74) is 1.12. The van der Waals surface area contributed by atoms with Crippen LogP contribution in [-0.2, 0) is 13.1 Å². The van der Waals surface area contributed by atoms with Gasteiger partial charge in [0.1, 0.15) is 18.9 Å². The standard InChI is InChI=1S/C14H12Cl2FNO/c15-11-5-10(14(19)12(16)6-11)8-18-7-9-3-1-2-4-13(9)17/h1-6,18-19H,7-8H2. The molecule has 0 atom stereocenters. The third-order valence-electron chi connectivity index (χ3n) is 2.77. The summed E-state index contributed by atoms with van der Waals surface area (Å²) in [5.74, 6) is -0.471. The first kappa shape index (κ1) is 14.1. The summed E-state index contributed by atoms with van der Waals surface area (Å²) in [4.78, 5) is 0. The van der Waals surface area contributed by atoms with Gasteiger partial charge in [-0.15, -0.1) is 0 Å². The molecule has 19 heavy (non-hydrogen) atoms. The van der Waals surface area contributed by atoms with E-state index in [2.05, 4.69) is 0 Å². The van der Waals surface area contributed by atoms with Crippen molar-refractivity contribution < 1.29 is 14.8 Å². The molecule has 0 saturated carbocycles. The molecule has 0 aliphatic heterocycles. The van der Waals surface area contributed by atoms with E-state index in [1.54, 1.807) is 24.3 Å². The molecule has 0 aliphatic rings. The Morgan fingerprint density at radius 1 is 1.05 bits per heavy atom. The topological polar surface area (TPSA) is 39.7 Å². The van der Waals surface area contributed by atoms with Gasteiger partial charge >= 0.3 is 0 Å². The Kier molecular flexibility index (Phi) is 4.64. The predicted octanol–water partition coefficient (Wildman–Crippen LogP) is 2.47. The Labute approximate surface area is 120 Å². The fourth-order valence-electron chi connectivity index (χ4n) is 1.81. The van der Waals surface area contributed by atoms with Crippen LogP contribution in [0.25, 0.3) is 0 Å².